The molecule has 4 atom stereocenters. The van der Waals surface area contributed by atoms with Crippen molar-refractivity contribution in [2.24, 2.45) is 0 Å². The van der Waals surface area contributed by atoms with Crippen molar-refractivity contribution >= 4 is 0 Å². The van der Waals surface area contributed by atoms with E-state index in [0.717, 1.165) is 11.1 Å². The Morgan fingerprint density at radius 3 is 1.31 bits per heavy atom. The maximum Gasteiger partial charge on any atom is 0.191 e. The Balaban J connectivity index is 1.97. The Morgan fingerprint density at radius 2 is 1.00 bits per heavy atom. The van der Waals surface area contributed by atoms with Crippen LogP contribution >= 0.6 is 0 Å². The highest BCUT2D eigenvalue weighted by atomic mass is 16.7. The molecule has 0 aromatic heterocycles. The van der Waals surface area contributed by atoms with E-state index in [2.05, 4.69) is 0 Å². The Morgan fingerprint density at radius 1 is 0.655 bits per heavy atom. The smallest absolute Gasteiger partial charge is 0.191 e. The Hall–Kier alpha value is -1.76. The molecule has 0 saturated heterocycles. The predicted molar refractivity (Wildman–Crippen MR) is 113 cm³/mol. The summed E-state index contributed by atoms with van der Waals surface area (Å²) in [5.74, 6) is -1.84. The summed E-state index contributed by atoms with van der Waals surface area (Å²) in [6.45, 7) is 8.47. The molecule has 0 amide bonds. The highest BCUT2D eigenvalue weighted by molar-refractivity contribution is 5.14. The molecular formula is C24H34O5. The summed E-state index contributed by atoms with van der Waals surface area (Å²) in [5.41, 5.74) is 2.15. The second-order valence-electron chi connectivity index (χ2n) is 7.41. The van der Waals surface area contributed by atoms with Gasteiger partial charge < -0.3 is 23.7 Å². The maximum atomic E-state index is 6.24. The van der Waals surface area contributed by atoms with Crippen LogP contribution in [0.3, 0.4) is 0 Å². The molecule has 0 bridgehead atoms. The molecule has 0 aliphatic heterocycles. The van der Waals surface area contributed by atoms with Crippen molar-refractivity contribution in [3.05, 3.63) is 71.8 Å². The highest BCUT2D eigenvalue weighted by Gasteiger charge is 2.40. The molecule has 0 aliphatic carbocycles. The van der Waals surface area contributed by atoms with Gasteiger partial charge >= 0.3 is 0 Å². The van der Waals surface area contributed by atoms with E-state index in [9.17, 15) is 0 Å². The fourth-order valence-corrected chi connectivity index (χ4v) is 2.84. The number of rotatable bonds is 12. The van der Waals surface area contributed by atoms with Crippen LogP contribution < -0.4 is 0 Å². The summed E-state index contributed by atoms with van der Waals surface area (Å²) in [6.07, 6.45) is -0.720. The molecule has 29 heavy (non-hydrogen) atoms. The molecule has 5 heteroatoms. The first-order valence-electron chi connectivity index (χ1n) is 9.94. The van der Waals surface area contributed by atoms with Gasteiger partial charge in [-0.25, -0.2) is 0 Å². The summed E-state index contributed by atoms with van der Waals surface area (Å²) < 4.78 is 29.7. The fourth-order valence-electron chi connectivity index (χ4n) is 2.84. The first-order chi connectivity index (χ1) is 13.8. The van der Waals surface area contributed by atoms with Gasteiger partial charge in [0.2, 0.25) is 0 Å². The lowest BCUT2D eigenvalue weighted by atomic mass is 10.1. The quantitative estimate of drug-likeness (QED) is 0.471. The molecule has 2 aromatic carbocycles. The van der Waals surface area contributed by atoms with Crippen LogP contribution in [0, 0.1) is 0 Å². The average Bonchev–Trinajstić information content (AvgIpc) is 2.77. The van der Waals surface area contributed by atoms with E-state index in [1.54, 1.807) is 14.2 Å². The van der Waals surface area contributed by atoms with Crippen molar-refractivity contribution in [1.82, 2.24) is 0 Å². The van der Waals surface area contributed by atoms with Gasteiger partial charge in [-0.3, -0.25) is 0 Å². The molecule has 0 aliphatic rings. The van der Waals surface area contributed by atoms with Gasteiger partial charge in [-0.2, -0.15) is 0 Å². The van der Waals surface area contributed by atoms with E-state index in [1.165, 1.54) is 0 Å². The van der Waals surface area contributed by atoms with Gasteiger partial charge in [0, 0.05) is 14.2 Å². The van der Waals surface area contributed by atoms with Crippen LogP contribution in [0.15, 0.2) is 60.7 Å². The van der Waals surface area contributed by atoms with Crippen LogP contribution in [0.25, 0.3) is 0 Å². The standard InChI is InChI=1S/C24H34O5/c1-19(23(3,25-5)27-17-21-13-9-7-10-14-21)29-20(2)24(4,26-6)28-18-22-15-11-8-12-16-22/h7-16,19-20H,17-18H2,1-6H3. The van der Waals surface area contributed by atoms with Crippen LogP contribution in [0.5, 0.6) is 0 Å². The monoisotopic (exact) mass is 402 g/mol. The normalized spacial score (nSPS) is 17.9. The fraction of sp³-hybridized carbons (Fsp3) is 0.500. The molecular weight excluding hydrogens is 368 g/mol. The summed E-state index contributed by atoms with van der Waals surface area (Å²) in [5, 5.41) is 0. The van der Waals surface area contributed by atoms with Crippen molar-refractivity contribution in [3.63, 3.8) is 0 Å². The number of hydrogen-bond donors (Lipinski definition) is 0. The summed E-state index contributed by atoms with van der Waals surface area (Å²) in [4.78, 5) is 0. The molecule has 0 saturated carbocycles. The van der Waals surface area contributed by atoms with Gasteiger partial charge in [0.25, 0.3) is 0 Å². The summed E-state index contributed by atoms with van der Waals surface area (Å²) >= 11 is 0. The van der Waals surface area contributed by atoms with Crippen molar-refractivity contribution in [3.8, 4) is 0 Å². The maximum absolute atomic E-state index is 6.24. The second kappa shape index (κ2) is 10.9. The van der Waals surface area contributed by atoms with Crippen molar-refractivity contribution in [2.75, 3.05) is 14.2 Å². The average molecular weight is 403 g/mol. The first kappa shape index (κ1) is 23.5. The van der Waals surface area contributed by atoms with E-state index >= 15 is 0 Å². The molecule has 160 valence electrons. The molecule has 0 heterocycles. The van der Waals surface area contributed by atoms with Gasteiger partial charge in [0.1, 0.15) is 12.2 Å². The number of hydrogen-bond acceptors (Lipinski definition) is 5. The Labute approximate surface area is 174 Å². The van der Waals surface area contributed by atoms with Crippen molar-refractivity contribution < 1.29 is 23.7 Å². The third-order valence-electron chi connectivity index (χ3n) is 5.43. The van der Waals surface area contributed by atoms with E-state index in [4.69, 9.17) is 23.7 Å². The van der Waals surface area contributed by atoms with E-state index in [-0.39, 0.29) is 12.2 Å². The first-order valence-corrected chi connectivity index (χ1v) is 9.94. The van der Waals surface area contributed by atoms with Crippen LogP contribution in [0.4, 0.5) is 0 Å². The molecule has 4 unspecified atom stereocenters. The van der Waals surface area contributed by atoms with E-state index < -0.39 is 11.6 Å². The Bertz CT molecular complexity index is 646. The molecule has 2 aromatic rings. The molecule has 0 radical (unpaired) electrons. The van der Waals surface area contributed by atoms with Gasteiger partial charge in [-0.05, 0) is 38.8 Å². The molecule has 0 fully saturated rings. The van der Waals surface area contributed by atoms with Crippen molar-refractivity contribution in [2.45, 2.75) is 64.7 Å². The predicted octanol–water partition coefficient (Wildman–Crippen LogP) is 4.94. The highest BCUT2D eigenvalue weighted by Crippen LogP contribution is 2.28. The lowest BCUT2D eigenvalue weighted by molar-refractivity contribution is -0.320. The van der Waals surface area contributed by atoms with Gasteiger partial charge in [-0.15, -0.1) is 0 Å². The van der Waals surface area contributed by atoms with E-state index in [1.807, 2.05) is 88.4 Å². The number of methoxy groups -OCH3 is 2. The van der Waals surface area contributed by atoms with Crippen LogP contribution in [-0.4, -0.2) is 38.0 Å². The van der Waals surface area contributed by atoms with Crippen LogP contribution in [-0.2, 0) is 36.9 Å². The number of benzene rings is 2. The molecule has 0 spiro atoms. The van der Waals surface area contributed by atoms with Crippen LogP contribution in [0.1, 0.15) is 38.8 Å². The molecule has 0 N–H and O–H groups in total. The zero-order chi connectivity index (χ0) is 21.3. The topological polar surface area (TPSA) is 46.2 Å². The Kier molecular flexibility index (Phi) is 8.80. The van der Waals surface area contributed by atoms with Crippen LogP contribution in [0.2, 0.25) is 0 Å². The minimum Gasteiger partial charge on any atom is -0.364 e. The zero-order valence-electron chi connectivity index (χ0n) is 18.4. The minimum absolute atomic E-state index is 0.360. The third kappa shape index (κ3) is 6.63. The van der Waals surface area contributed by atoms with Gasteiger partial charge in [0.05, 0.1) is 13.2 Å². The van der Waals surface area contributed by atoms with E-state index in [0.29, 0.717) is 13.2 Å². The SMILES string of the molecule is COC(C)(OCc1ccccc1)C(C)OC(C)C(C)(OC)OCc1ccccc1. The summed E-state index contributed by atoms with van der Waals surface area (Å²) in [6, 6.07) is 20.0. The lowest BCUT2D eigenvalue weighted by Crippen LogP contribution is -2.50. The van der Waals surface area contributed by atoms with Crippen molar-refractivity contribution in [1.29, 1.82) is 0 Å². The van der Waals surface area contributed by atoms with Gasteiger partial charge in [0.15, 0.2) is 11.6 Å². The zero-order valence-corrected chi connectivity index (χ0v) is 18.4. The molecule has 5 nitrogen and oxygen atoms in total. The van der Waals surface area contributed by atoms with Gasteiger partial charge in [-0.1, -0.05) is 60.7 Å². The minimum atomic E-state index is -0.918. The summed E-state index contributed by atoms with van der Waals surface area (Å²) in [7, 11) is 3.24. The second-order valence-corrected chi connectivity index (χ2v) is 7.41. The lowest BCUT2D eigenvalue weighted by Gasteiger charge is -2.40. The number of ether oxygens (including phenoxy) is 5. The largest absolute Gasteiger partial charge is 0.364 e. The third-order valence-corrected chi connectivity index (χ3v) is 5.43. The molecule has 2 rings (SSSR count).